The van der Waals surface area contributed by atoms with Crippen molar-refractivity contribution in [1.29, 1.82) is 0 Å². The third kappa shape index (κ3) is 2.50. The number of aliphatic hydroxyl groups excluding tert-OH is 1. The predicted octanol–water partition coefficient (Wildman–Crippen LogP) is 0.677. The van der Waals surface area contributed by atoms with Gasteiger partial charge in [0.15, 0.2) is 0 Å². The normalized spacial score (nSPS) is 26.3. The number of rotatable bonds is 3. The van der Waals surface area contributed by atoms with Crippen LogP contribution in [-0.2, 0) is 0 Å². The molecule has 0 amide bonds. The first kappa shape index (κ1) is 7.76. The van der Waals surface area contributed by atoms with E-state index < -0.39 is 0 Å². The third-order valence-corrected chi connectivity index (χ3v) is 1.76. The molecular formula is C8H15NO. The summed E-state index contributed by atoms with van der Waals surface area (Å²) in [5, 5.41) is 11.8. The average Bonchev–Trinajstić information content (AvgIpc) is 2.41. The minimum absolute atomic E-state index is 0.267. The highest BCUT2D eigenvalue weighted by Crippen LogP contribution is 2.05. The van der Waals surface area contributed by atoms with E-state index in [-0.39, 0.29) is 6.61 Å². The third-order valence-electron chi connectivity index (χ3n) is 1.76. The summed E-state index contributed by atoms with van der Waals surface area (Å²) in [5.41, 5.74) is 0. The van der Waals surface area contributed by atoms with Crippen molar-refractivity contribution in [2.24, 2.45) is 0 Å². The summed E-state index contributed by atoms with van der Waals surface area (Å²) in [6, 6.07) is 0.576. The van der Waals surface area contributed by atoms with Gasteiger partial charge in [0.05, 0.1) is 0 Å². The molecule has 0 aromatic heterocycles. The molecule has 10 heavy (non-hydrogen) atoms. The zero-order valence-electron chi connectivity index (χ0n) is 6.21. The van der Waals surface area contributed by atoms with Crippen LogP contribution in [0.4, 0.5) is 0 Å². The first-order valence-electron chi connectivity index (χ1n) is 3.94. The molecule has 0 aliphatic carbocycles. The highest BCUT2D eigenvalue weighted by Gasteiger charge is 2.08. The van der Waals surface area contributed by atoms with Crippen molar-refractivity contribution in [3.8, 4) is 0 Å². The second kappa shape index (κ2) is 4.47. The van der Waals surface area contributed by atoms with E-state index in [0.29, 0.717) is 6.04 Å². The van der Waals surface area contributed by atoms with Crippen molar-refractivity contribution in [1.82, 2.24) is 5.32 Å². The molecule has 0 spiro atoms. The summed E-state index contributed by atoms with van der Waals surface area (Å²) in [7, 11) is 0. The maximum atomic E-state index is 8.47. The zero-order valence-corrected chi connectivity index (χ0v) is 6.21. The van der Waals surface area contributed by atoms with Crippen molar-refractivity contribution >= 4 is 0 Å². The molecule has 2 N–H and O–H groups in total. The Hall–Kier alpha value is -0.340. The Morgan fingerprint density at radius 3 is 3.10 bits per heavy atom. The maximum absolute atomic E-state index is 8.47. The molecule has 1 fully saturated rings. The molecule has 1 heterocycles. The van der Waals surface area contributed by atoms with Gasteiger partial charge in [0.25, 0.3) is 0 Å². The molecule has 0 aromatic carbocycles. The molecule has 1 rings (SSSR count). The number of nitrogens with one attached hydrogen (secondary N) is 1. The van der Waals surface area contributed by atoms with Crippen LogP contribution in [0.1, 0.15) is 19.3 Å². The van der Waals surface area contributed by atoms with Crippen molar-refractivity contribution in [3.63, 3.8) is 0 Å². The predicted molar refractivity (Wildman–Crippen MR) is 41.9 cm³/mol. The van der Waals surface area contributed by atoms with Gasteiger partial charge in [-0.15, -0.1) is 0 Å². The van der Waals surface area contributed by atoms with Gasteiger partial charge in [-0.2, -0.15) is 0 Å². The molecule has 2 heteroatoms. The largest absolute Gasteiger partial charge is 0.396 e. The Labute approximate surface area is 61.9 Å². The topological polar surface area (TPSA) is 32.3 Å². The van der Waals surface area contributed by atoms with E-state index in [1.807, 2.05) is 6.08 Å². The van der Waals surface area contributed by atoms with Crippen molar-refractivity contribution in [2.45, 2.75) is 25.3 Å². The molecule has 1 aliphatic rings. The lowest BCUT2D eigenvalue weighted by atomic mass is 10.2. The van der Waals surface area contributed by atoms with Crippen molar-refractivity contribution in [2.75, 3.05) is 13.2 Å². The summed E-state index contributed by atoms with van der Waals surface area (Å²) in [5.74, 6) is 0. The average molecular weight is 141 g/mol. The SMILES string of the molecule is OCC/C=C\C1CCCN1. The first-order chi connectivity index (χ1) is 4.93. The van der Waals surface area contributed by atoms with Gasteiger partial charge in [0.2, 0.25) is 0 Å². The van der Waals surface area contributed by atoms with Crippen LogP contribution in [0.3, 0.4) is 0 Å². The van der Waals surface area contributed by atoms with E-state index in [0.717, 1.165) is 13.0 Å². The van der Waals surface area contributed by atoms with Crippen LogP contribution in [-0.4, -0.2) is 24.3 Å². The highest BCUT2D eigenvalue weighted by molar-refractivity contribution is 4.95. The van der Waals surface area contributed by atoms with Gasteiger partial charge >= 0.3 is 0 Å². The van der Waals surface area contributed by atoms with Gasteiger partial charge < -0.3 is 10.4 Å². The molecule has 0 radical (unpaired) electrons. The summed E-state index contributed by atoms with van der Waals surface area (Å²) < 4.78 is 0. The van der Waals surface area contributed by atoms with Gasteiger partial charge in [-0.3, -0.25) is 0 Å². The Kier molecular flexibility index (Phi) is 3.47. The summed E-state index contributed by atoms with van der Waals surface area (Å²) in [6.07, 6.45) is 7.53. The van der Waals surface area contributed by atoms with Crippen LogP contribution in [0.25, 0.3) is 0 Å². The van der Waals surface area contributed by atoms with Crippen molar-refractivity contribution < 1.29 is 5.11 Å². The Morgan fingerprint density at radius 1 is 1.60 bits per heavy atom. The number of aliphatic hydroxyl groups is 1. The van der Waals surface area contributed by atoms with Crippen LogP contribution in [0, 0.1) is 0 Å². The standard InChI is InChI=1S/C8H15NO/c10-7-2-1-4-8-5-3-6-9-8/h1,4,8-10H,2-3,5-7H2/b4-1-. The van der Waals surface area contributed by atoms with E-state index in [4.69, 9.17) is 5.11 Å². The van der Waals surface area contributed by atoms with Crippen LogP contribution in [0.15, 0.2) is 12.2 Å². The molecule has 1 aliphatic heterocycles. The summed E-state index contributed by atoms with van der Waals surface area (Å²) in [6.45, 7) is 1.41. The van der Waals surface area contributed by atoms with Gasteiger partial charge in [-0.1, -0.05) is 12.2 Å². The van der Waals surface area contributed by atoms with Crippen LogP contribution < -0.4 is 5.32 Å². The fourth-order valence-corrected chi connectivity index (χ4v) is 1.21. The minimum Gasteiger partial charge on any atom is -0.396 e. The van der Waals surface area contributed by atoms with E-state index in [2.05, 4.69) is 11.4 Å². The van der Waals surface area contributed by atoms with E-state index >= 15 is 0 Å². The molecule has 0 aromatic rings. The van der Waals surface area contributed by atoms with Gasteiger partial charge in [0.1, 0.15) is 0 Å². The van der Waals surface area contributed by atoms with Gasteiger partial charge in [-0.05, 0) is 25.8 Å². The Bertz CT molecular complexity index is 106. The maximum Gasteiger partial charge on any atom is 0.0465 e. The van der Waals surface area contributed by atoms with Crippen LogP contribution in [0.5, 0.6) is 0 Å². The monoisotopic (exact) mass is 141 g/mol. The molecule has 0 saturated carbocycles. The van der Waals surface area contributed by atoms with Gasteiger partial charge in [0, 0.05) is 12.6 Å². The molecule has 1 saturated heterocycles. The lowest BCUT2D eigenvalue weighted by Crippen LogP contribution is -2.18. The van der Waals surface area contributed by atoms with E-state index in [1.165, 1.54) is 12.8 Å². The fourth-order valence-electron chi connectivity index (χ4n) is 1.21. The quantitative estimate of drug-likeness (QED) is 0.566. The zero-order chi connectivity index (χ0) is 7.23. The van der Waals surface area contributed by atoms with E-state index in [9.17, 15) is 0 Å². The smallest absolute Gasteiger partial charge is 0.0465 e. The molecular weight excluding hydrogens is 126 g/mol. The molecule has 1 unspecified atom stereocenters. The lowest BCUT2D eigenvalue weighted by Gasteiger charge is -2.00. The Balaban J connectivity index is 2.10. The van der Waals surface area contributed by atoms with Gasteiger partial charge in [-0.25, -0.2) is 0 Å². The molecule has 1 atom stereocenters. The summed E-state index contributed by atoms with van der Waals surface area (Å²) >= 11 is 0. The van der Waals surface area contributed by atoms with Crippen LogP contribution >= 0.6 is 0 Å². The second-order valence-corrected chi connectivity index (χ2v) is 2.64. The van der Waals surface area contributed by atoms with E-state index in [1.54, 1.807) is 0 Å². The van der Waals surface area contributed by atoms with Crippen molar-refractivity contribution in [3.05, 3.63) is 12.2 Å². The molecule has 58 valence electrons. The lowest BCUT2D eigenvalue weighted by molar-refractivity contribution is 0.302. The number of hydrogen-bond acceptors (Lipinski definition) is 2. The highest BCUT2D eigenvalue weighted by atomic mass is 16.2. The van der Waals surface area contributed by atoms with Crippen LogP contribution in [0.2, 0.25) is 0 Å². The second-order valence-electron chi connectivity index (χ2n) is 2.64. The molecule has 0 bridgehead atoms. The molecule has 2 nitrogen and oxygen atoms in total. The fraction of sp³-hybridized carbons (Fsp3) is 0.750. The summed E-state index contributed by atoms with van der Waals surface area (Å²) in [4.78, 5) is 0. The Morgan fingerprint density at radius 2 is 2.50 bits per heavy atom. The first-order valence-corrected chi connectivity index (χ1v) is 3.94. The minimum atomic E-state index is 0.267. The number of hydrogen-bond donors (Lipinski definition) is 2.